The summed E-state index contributed by atoms with van der Waals surface area (Å²) in [4.78, 5) is 7.60. The van der Waals surface area contributed by atoms with Gasteiger partial charge in [0.1, 0.15) is 17.4 Å². The molecule has 0 atom stereocenters. The Kier molecular flexibility index (Phi) is 2.90. The van der Waals surface area contributed by atoms with Crippen molar-refractivity contribution >= 4 is 34.2 Å². The minimum Gasteiger partial charge on any atom is -0.338 e. The Labute approximate surface area is 119 Å². The van der Waals surface area contributed by atoms with Gasteiger partial charge < -0.3 is 4.98 Å². The molecule has 2 aromatic carbocycles. The minimum atomic E-state index is 0.535. The van der Waals surface area contributed by atoms with Crippen molar-refractivity contribution in [3.05, 3.63) is 52.0 Å². The van der Waals surface area contributed by atoms with Crippen molar-refractivity contribution in [2.75, 3.05) is 0 Å². The number of halogens is 2. The van der Waals surface area contributed by atoms with Crippen molar-refractivity contribution in [3.63, 3.8) is 0 Å². The van der Waals surface area contributed by atoms with E-state index in [9.17, 15) is 0 Å². The molecule has 1 aromatic heterocycles. The zero-order valence-corrected chi connectivity index (χ0v) is 11.1. The number of nitrogens with zero attached hydrogens (tertiary/aromatic N) is 2. The van der Waals surface area contributed by atoms with E-state index >= 15 is 0 Å². The van der Waals surface area contributed by atoms with E-state index in [0.29, 0.717) is 26.9 Å². The summed E-state index contributed by atoms with van der Waals surface area (Å²) in [6.45, 7) is 0. The van der Waals surface area contributed by atoms with Crippen LogP contribution in [-0.4, -0.2) is 9.97 Å². The van der Waals surface area contributed by atoms with Crippen LogP contribution in [0.25, 0.3) is 22.4 Å². The Morgan fingerprint density at radius 1 is 1.11 bits per heavy atom. The highest BCUT2D eigenvalue weighted by Crippen LogP contribution is 2.27. The van der Waals surface area contributed by atoms with Gasteiger partial charge >= 0.3 is 0 Å². The highest BCUT2D eigenvalue weighted by Gasteiger charge is 2.09. The Morgan fingerprint density at radius 3 is 2.53 bits per heavy atom. The maximum atomic E-state index is 9.06. The first-order chi connectivity index (χ1) is 9.17. The second kappa shape index (κ2) is 4.58. The first-order valence-corrected chi connectivity index (χ1v) is 6.28. The van der Waals surface area contributed by atoms with Gasteiger partial charge in [0, 0.05) is 15.6 Å². The number of hydrogen-bond acceptors (Lipinski definition) is 2. The normalized spacial score (nSPS) is 10.6. The molecular weight excluding hydrogens is 281 g/mol. The molecule has 0 unspecified atom stereocenters. The number of nitriles is 1. The van der Waals surface area contributed by atoms with Crippen molar-refractivity contribution in [1.29, 1.82) is 5.26 Å². The number of nitrogens with one attached hydrogen (secondary N) is 1. The largest absolute Gasteiger partial charge is 0.338 e. The first kappa shape index (κ1) is 12.0. The van der Waals surface area contributed by atoms with E-state index in [0.717, 1.165) is 11.1 Å². The SMILES string of the molecule is N#Cc1cccc2[nH]c(-c3cc(Cl)cc(Cl)c3)nc12. The highest BCUT2D eigenvalue weighted by molar-refractivity contribution is 6.35. The summed E-state index contributed by atoms with van der Waals surface area (Å²) in [5, 5.41) is 10.1. The number of benzene rings is 2. The van der Waals surface area contributed by atoms with Crippen LogP contribution in [0.3, 0.4) is 0 Å². The summed E-state index contributed by atoms with van der Waals surface area (Å²) in [7, 11) is 0. The van der Waals surface area contributed by atoms with Crippen molar-refractivity contribution in [2.45, 2.75) is 0 Å². The average molecular weight is 288 g/mol. The van der Waals surface area contributed by atoms with Gasteiger partial charge in [-0.3, -0.25) is 0 Å². The number of aromatic nitrogens is 2. The van der Waals surface area contributed by atoms with Crippen LogP contribution < -0.4 is 0 Å². The minimum absolute atomic E-state index is 0.535. The molecule has 0 spiro atoms. The molecule has 0 saturated heterocycles. The maximum absolute atomic E-state index is 9.06. The molecule has 0 fully saturated rings. The quantitative estimate of drug-likeness (QED) is 0.721. The van der Waals surface area contributed by atoms with Gasteiger partial charge in [-0.1, -0.05) is 29.3 Å². The van der Waals surface area contributed by atoms with Crippen LogP contribution in [0.1, 0.15) is 5.56 Å². The molecule has 3 aromatic rings. The third-order valence-corrected chi connectivity index (χ3v) is 3.21. The Balaban J connectivity index is 2.24. The van der Waals surface area contributed by atoms with Crippen LogP contribution in [0.2, 0.25) is 10.0 Å². The second-order valence-corrected chi connectivity index (χ2v) is 4.93. The number of hydrogen-bond donors (Lipinski definition) is 1. The smallest absolute Gasteiger partial charge is 0.138 e. The fourth-order valence-electron chi connectivity index (χ4n) is 1.95. The van der Waals surface area contributed by atoms with Gasteiger partial charge in [-0.05, 0) is 30.3 Å². The summed E-state index contributed by atoms with van der Waals surface area (Å²) in [6, 6.07) is 12.8. The third kappa shape index (κ3) is 2.17. The summed E-state index contributed by atoms with van der Waals surface area (Å²) in [5.41, 5.74) is 2.78. The molecule has 5 heteroatoms. The van der Waals surface area contributed by atoms with Crippen molar-refractivity contribution in [2.24, 2.45) is 0 Å². The number of H-pyrrole nitrogens is 1. The zero-order chi connectivity index (χ0) is 13.4. The second-order valence-electron chi connectivity index (χ2n) is 4.06. The standard InChI is InChI=1S/C14H7Cl2N3/c15-10-4-9(5-11(16)6-10)14-18-12-3-1-2-8(7-17)13(12)19-14/h1-6H,(H,18,19). The molecule has 0 aliphatic rings. The van der Waals surface area contributed by atoms with E-state index in [1.165, 1.54) is 0 Å². The van der Waals surface area contributed by atoms with Crippen molar-refractivity contribution in [1.82, 2.24) is 9.97 Å². The Hall–Kier alpha value is -2.02. The molecule has 1 heterocycles. The molecular formula is C14H7Cl2N3. The third-order valence-electron chi connectivity index (χ3n) is 2.77. The van der Waals surface area contributed by atoms with Gasteiger partial charge in [0.2, 0.25) is 0 Å². The number of imidazole rings is 1. The Bertz CT molecular complexity index is 795. The summed E-state index contributed by atoms with van der Waals surface area (Å²) in [5.74, 6) is 0.641. The topological polar surface area (TPSA) is 52.5 Å². The van der Waals surface area contributed by atoms with Gasteiger partial charge in [-0.2, -0.15) is 5.26 Å². The van der Waals surface area contributed by atoms with E-state index in [4.69, 9.17) is 28.5 Å². The van der Waals surface area contributed by atoms with Crippen LogP contribution >= 0.6 is 23.2 Å². The number of rotatable bonds is 1. The van der Waals surface area contributed by atoms with Crippen molar-refractivity contribution < 1.29 is 0 Å². The maximum Gasteiger partial charge on any atom is 0.138 e. The van der Waals surface area contributed by atoms with E-state index in [1.54, 1.807) is 24.3 Å². The van der Waals surface area contributed by atoms with Gasteiger partial charge in [0.25, 0.3) is 0 Å². The van der Waals surface area contributed by atoms with Gasteiger partial charge in [0.05, 0.1) is 11.1 Å². The van der Waals surface area contributed by atoms with Crippen molar-refractivity contribution in [3.8, 4) is 17.5 Å². The number of aromatic amines is 1. The van der Waals surface area contributed by atoms with Gasteiger partial charge in [-0.25, -0.2) is 4.98 Å². The van der Waals surface area contributed by atoms with Crippen LogP contribution in [0.5, 0.6) is 0 Å². The molecule has 19 heavy (non-hydrogen) atoms. The molecule has 0 bridgehead atoms. The molecule has 0 saturated carbocycles. The predicted molar refractivity (Wildman–Crippen MR) is 76.3 cm³/mol. The van der Waals surface area contributed by atoms with Crippen LogP contribution in [0.15, 0.2) is 36.4 Å². The number of fused-ring (bicyclic) bond motifs is 1. The lowest BCUT2D eigenvalue weighted by molar-refractivity contribution is 1.33. The summed E-state index contributed by atoms with van der Waals surface area (Å²) in [6.07, 6.45) is 0. The summed E-state index contributed by atoms with van der Waals surface area (Å²) >= 11 is 12.0. The van der Waals surface area contributed by atoms with Crippen LogP contribution in [0, 0.1) is 11.3 Å². The van der Waals surface area contributed by atoms with E-state index < -0.39 is 0 Å². The lowest BCUT2D eigenvalue weighted by atomic mass is 10.2. The average Bonchev–Trinajstić information content (AvgIpc) is 2.81. The van der Waals surface area contributed by atoms with E-state index in [2.05, 4.69) is 16.0 Å². The monoisotopic (exact) mass is 287 g/mol. The van der Waals surface area contributed by atoms with Crippen LogP contribution in [0.4, 0.5) is 0 Å². The van der Waals surface area contributed by atoms with Gasteiger partial charge in [-0.15, -0.1) is 0 Å². The Morgan fingerprint density at radius 2 is 1.84 bits per heavy atom. The molecule has 0 aliphatic heterocycles. The highest BCUT2D eigenvalue weighted by atomic mass is 35.5. The molecule has 3 rings (SSSR count). The van der Waals surface area contributed by atoms with Crippen LogP contribution in [-0.2, 0) is 0 Å². The van der Waals surface area contributed by atoms with E-state index in [1.807, 2.05) is 12.1 Å². The fourth-order valence-corrected chi connectivity index (χ4v) is 2.48. The lowest BCUT2D eigenvalue weighted by Gasteiger charge is -1.98. The summed E-state index contributed by atoms with van der Waals surface area (Å²) < 4.78 is 0. The molecule has 0 radical (unpaired) electrons. The predicted octanol–water partition coefficient (Wildman–Crippen LogP) is 4.41. The fraction of sp³-hybridized carbons (Fsp3) is 0. The molecule has 1 N–H and O–H groups in total. The molecule has 3 nitrogen and oxygen atoms in total. The van der Waals surface area contributed by atoms with E-state index in [-0.39, 0.29) is 0 Å². The molecule has 92 valence electrons. The number of para-hydroxylation sites is 1. The van der Waals surface area contributed by atoms with Gasteiger partial charge in [0.15, 0.2) is 0 Å². The zero-order valence-electron chi connectivity index (χ0n) is 9.61. The molecule has 0 aliphatic carbocycles. The first-order valence-electron chi connectivity index (χ1n) is 5.52. The lowest BCUT2D eigenvalue weighted by Crippen LogP contribution is -1.81. The molecule has 0 amide bonds.